The number of ether oxygens (including phenoxy) is 1. The van der Waals surface area contributed by atoms with Gasteiger partial charge in [0, 0.05) is 30.3 Å². The fourth-order valence-electron chi connectivity index (χ4n) is 3.89. The van der Waals surface area contributed by atoms with Crippen molar-refractivity contribution >= 4 is 5.91 Å². The zero-order valence-electron chi connectivity index (χ0n) is 18.0. The molecule has 4 rings (SSSR count). The molecule has 3 aromatic rings. The summed E-state index contributed by atoms with van der Waals surface area (Å²) in [7, 11) is 3.84. The number of nitrogens with zero attached hydrogens (tertiary/aromatic N) is 3. The van der Waals surface area contributed by atoms with Crippen LogP contribution in [0.1, 0.15) is 28.5 Å². The van der Waals surface area contributed by atoms with Gasteiger partial charge < -0.3 is 24.2 Å². The first-order chi connectivity index (χ1) is 14.8. The Balaban J connectivity index is 1.56. The molecule has 0 saturated heterocycles. The van der Waals surface area contributed by atoms with Crippen molar-refractivity contribution in [3.63, 3.8) is 0 Å². The molecule has 1 aliphatic heterocycles. The SMILES string of the molecule is CN(C)C[C@](C)(O)c1ccc2c(c1)CN(C(=O)c1cc(-c3ccccc3)on1)CCO2. The van der Waals surface area contributed by atoms with Gasteiger partial charge in [-0.1, -0.05) is 41.6 Å². The summed E-state index contributed by atoms with van der Waals surface area (Å²) in [4.78, 5) is 16.8. The van der Waals surface area contributed by atoms with Gasteiger partial charge in [0.05, 0.1) is 12.1 Å². The number of rotatable bonds is 5. The summed E-state index contributed by atoms with van der Waals surface area (Å²) in [5, 5.41) is 14.9. The minimum atomic E-state index is -1.02. The molecule has 1 amide bonds. The maximum Gasteiger partial charge on any atom is 0.276 e. The van der Waals surface area contributed by atoms with E-state index >= 15 is 0 Å². The van der Waals surface area contributed by atoms with E-state index in [9.17, 15) is 9.90 Å². The zero-order valence-corrected chi connectivity index (χ0v) is 18.0. The van der Waals surface area contributed by atoms with Crippen molar-refractivity contribution in [2.45, 2.75) is 19.1 Å². The Bertz CT molecular complexity index is 1060. The lowest BCUT2D eigenvalue weighted by Gasteiger charge is -2.28. The van der Waals surface area contributed by atoms with Crippen molar-refractivity contribution in [3.8, 4) is 17.1 Å². The predicted octanol–water partition coefficient (Wildman–Crippen LogP) is 3.15. The van der Waals surface area contributed by atoms with Crippen LogP contribution in [0.25, 0.3) is 11.3 Å². The van der Waals surface area contributed by atoms with Crippen LogP contribution in [0, 0.1) is 0 Å². The third-order valence-electron chi connectivity index (χ3n) is 5.36. The van der Waals surface area contributed by atoms with Crippen LogP contribution in [0.4, 0.5) is 0 Å². The minimum Gasteiger partial charge on any atom is -0.491 e. The molecule has 0 bridgehead atoms. The molecular weight excluding hydrogens is 394 g/mol. The van der Waals surface area contributed by atoms with Gasteiger partial charge in [-0.2, -0.15) is 0 Å². The van der Waals surface area contributed by atoms with Gasteiger partial charge in [0.25, 0.3) is 5.91 Å². The molecule has 0 unspecified atom stereocenters. The van der Waals surface area contributed by atoms with Crippen molar-refractivity contribution < 1.29 is 19.2 Å². The molecule has 2 aromatic carbocycles. The monoisotopic (exact) mass is 421 g/mol. The number of aliphatic hydroxyl groups is 1. The highest BCUT2D eigenvalue weighted by Crippen LogP contribution is 2.30. The van der Waals surface area contributed by atoms with Crippen LogP contribution >= 0.6 is 0 Å². The van der Waals surface area contributed by atoms with Crippen LogP contribution in [0.15, 0.2) is 59.1 Å². The summed E-state index contributed by atoms with van der Waals surface area (Å²) in [6, 6.07) is 16.9. The van der Waals surface area contributed by atoms with Crippen molar-refractivity contribution in [1.29, 1.82) is 0 Å². The highest BCUT2D eigenvalue weighted by Gasteiger charge is 2.28. The molecule has 0 aliphatic carbocycles. The lowest BCUT2D eigenvalue weighted by atomic mass is 9.93. The van der Waals surface area contributed by atoms with Crippen LogP contribution in [0.2, 0.25) is 0 Å². The Morgan fingerprint density at radius 2 is 1.97 bits per heavy atom. The number of hydrogen-bond donors (Lipinski definition) is 1. The number of likely N-dealkylation sites (N-methyl/N-ethyl adjacent to an activating group) is 1. The first-order valence-electron chi connectivity index (χ1n) is 10.3. The highest BCUT2D eigenvalue weighted by atomic mass is 16.5. The number of carbonyl (C=O) groups excluding carboxylic acids is 1. The van der Waals surface area contributed by atoms with Crippen molar-refractivity contribution in [2.24, 2.45) is 0 Å². The molecule has 1 aliphatic rings. The fourth-order valence-corrected chi connectivity index (χ4v) is 3.89. The lowest BCUT2D eigenvalue weighted by Crippen LogP contribution is -2.35. The molecule has 0 spiro atoms. The average Bonchev–Trinajstić information content (AvgIpc) is 3.13. The molecule has 1 aromatic heterocycles. The Hall–Kier alpha value is -3.16. The summed E-state index contributed by atoms with van der Waals surface area (Å²) in [5.41, 5.74) is 1.75. The van der Waals surface area contributed by atoms with E-state index < -0.39 is 5.60 Å². The maximum atomic E-state index is 13.1. The molecule has 31 heavy (non-hydrogen) atoms. The standard InChI is InChI=1S/C24H27N3O4/c1-24(29,16-26(2)3)19-9-10-21-18(13-19)15-27(11-12-30-21)23(28)20-14-22(31-25-20)17-7-5-4-6-8-17/h4-10,13-14,29H,11-12,15-16H2,1-3H3/t24-/m0/s1. The van der Waals surface area contributed by atoms with Crippen molar-refractivity contribution in [2.75, 3.05) is 33.8 Å². The normalized spacial score (nSPS) is 15.7. The van der Waals surface area contributed by atoms with E-state index in [2.05, 4.69) is 5.16 Å². The number of hydrogen-bond acceptors (Lipinski definition) is 6. The van der Waals surface area contributed by atoms with E-state index in [1.165, 1.54) is 0 Å². The topological polar surface area (TPSA) is 79.0 Å². The highest BCUT2D eigenvalue weighted by molar-refractivity contribution is 5.93. The molecule has 7 heteroatoms. The van der Waals surface area contributed by atoms with Gasteiger partial charge in [-0.3, -0.25) is 4.79 Å². The number of amides is 1. The Morgan fingerprint density at radius 1 is 1.19 bits per heavy atom. The van der Waals surface area contributed by atoms with E-state index in [1.807, 2.05) is 67.5 Å². The quantitative estimate of drug-likeness (QED) is 0.682. The first-order valence-corrected chi connectivity index (χ1v) is 10.3. The molecule has 0 fully saturated rings. The molecule has 7 nitrogen and oxygen atoms in total. The van der Waals surface area contributed by atoms with Gasteiger partial charge in [0.1, 0.15) is 12.4 Å². The number of benzene rings is 2. The zero-order chi connectivity index (χ0) is 22.0. The second-order valence-electron chi connectivity index (χ2n) is 8.35. The predicted molar refractivity (Wildman–Crippen MR) is 117 cm³/mol. The van der Waals surface area contributed by atoms with Crippen LogP contribution < -0.4 is 4.74 Å². The molecule has 0 saturated carbocycles. The summed E-state index contributed by atoms with van der Waals surface area (Å²) >= 11 is 0. The Labute approximate surface area is 181 Å². The maximum absolute atomic E-state index is 13.1. The number of aromatic nitrogens is 1. The lowest BCUT2D eigenvalue weighted by molar-refractivity contribution is 0.0299. The smallest absolute Gasteiger partial charge is 0.276 e. The molecule has 2 heterocycles. The van der Waals surface area contributed by atoms with Crippen LogP contribution in [0.3, 0.4) is 0 Å². The van der Waals surface area contributed by atoms with E-state index in [4.69, 9.17) is 9.26 Å². The molecule has 1 atom stereocenters. The molecule has 1 N–H and O–H groups in total. The first kappa shape index (κ1) is 21.1. The van der Waals surface area contributed by atoms with Gasteiger partial charge in [0.2, 0.25) is 0 Å². The number of fused-ring (bicyclic) bond motifs is 1. The van der Waals surface area contributed by atoms with Crippen LogP contribution in [-0.2, 0) is 12.1 Å². The van der Waals surface area contributed by atoms with Crippen molar-refractivity contribution in [1.82, 2.24) is 15.0 Å². The van der Waals surface area contributed by atoms with Gasteiger partial charge in [0.15, 0.2) is 11.5 Å². The average molecular weight is 421 g/mol. The van der Waals surface area contributed by atoms with Crippen molar-refractivity contribution in [3.05, 3.63) is 71.4 Å². The van der Waals surface area contributed by atoms with Crippen LogP contribution in [0.5, 0.6) is 5.75 Å². The molecular formula is C24H27N3O4. The molecule has 162 valence electrons. The second-order valence-corrected chi connectivity index (χ2v) is 8.35. The van der Waals surface area contributed by atoms with Gasteiger partial charge in [-0.15, -0.1) is 0 Å². The fraction of sp³-hybridized carbons (Fsp3) is 0.333. The number of carbonyl (C=O) groups is 1. The minimum absolute atomic E-state index is 0.215. The summed E-state index contributed by atoms with van der Waals surface area (Å²) in [5.74, 6) is 1.06. The Morgan fingerprint density at radius 3 is 2.71 bits per heavy atom. The second kappa shape index (κ2) is 8.53. The van der Waals surface area contributed by atoms with Gasteiger partial charge in [-0.05, 0) is 38.7 Å². The Kier molecular flexibility index (Phi) is 5.80. The van der Waals surface area contributed by atoms with Gasteiger partial charge >= 0.3 is 0 Å². The largest absolute Gasteiger partial charge is 0.491 e. The van der Waals surface area contributed by atoms with E-state index in [-0.39, 0.29) is 11.6 Å². The van der Waals surface area contributed by atoms with E-state index in [1.54, 1.807) is 17.9 Å². The van der Waals surface area contributed by atoms with Gasteiger partial charge in [-0.25, -0.2) is 0 Å². The summed E-state index contributed by atoms with van der Waals surface area (Å²) in [6.45, 7) is 3.46. The van der Waals surface area contributed by atoms with E-state index in [0.29, 0.717) is 32.0 Å². The third kappa shape index (κ3) is 4.62. The van der Waals surface area contributed by atoms with Crippen LogP contribution in [-0.4, -0.2) is 59.8 Å². The third-order valence-corrected chi connectivity index (χ3v) is 5.36. The summed E-state index contributed by atoms with van der Waals surface area (Å²) in [6.07, 6.45) is 0. The molecule has 0 radical (unpaired) electrons. The van der Waals surface area contributed by atoms with E-state index in [0.717, 1.165) is 22.4 Å². The summed E-state index contributed by atoms with van der Waals surface area (Å²) < 4.78 is 11.3.